The van der Waals surface area contributed by atoms with Crippen LogP contribution in [0.2, 0.25) is 0 Å². The predicted molar refractivity (Wildman–Crippen MR) is 256 cm³/mol. The first kappa shape index (κ1) is 56.9. The summed E-state index contributed by atoms with van der Waals surface area (Å²) in [7, 11) is 0. The lowest BCUT2D eigenvalue weighted by molar-refractivity contribution is -0.167. The Balaban J connectivity index is 4.46. The Morgan fingerprint density at radius 3 is 1.12 bits per heavy atom. The molecule has 0 saturated heterocycles. The number of carbonyl (C=O) groups excluding carboxylic acids is 3. The van der Waals surface area contributed by atoms with Gasteiger partial charge in [-0.25, -0.2) is 0 Å². The Hall–Kier alpha value is -3.15. The second-order valence-electron chi connectivity index (χ2n) is 16.3. The molecular formula is C54H92O6. The summed E-state index contributed by atoms with van der Waals surface area (Å²) in [4.78, 5) is 37.9. The Morgan fingerprint density at radius 2 is 0.667 bits per heavy atom. The second kappa shape index (κ2) is 48.5. The smallest absolute Gasteiger partial charge is 0.306 e. The molecule has 0 fully saturated rings. The first-order valence-corrected chi connectivity index (χ1v) is 24.9. The van der Waals surface area contributed by atoms with Crippen molar-refractivity contribution in [3.8, 4) is 0 Å². The number of esters is 3. The van der Waals surface area contributed by atoms with E-state index in [9.17, 15) is 14.4 Å². The zero-order valence-electron chi connectivity index (χ0n) is 39.2. The Kier molecular flexibility index (Phi) is 46.0. The maximum absolute atomic E-state index is 12.8. The summed E-state index contributed by atoms with van der Waals surface area (Å²) in [6.07, 6.45) is 60.3. The minimum Gasteiger partial charge on any atom is -0.462 e. The van der Waals surface area contributed by atoms with Crippen LogP contribution in [-0.4, -0.2) is 37.2 Å². The molecule has 0 aliphatic rings. The number of hydrogen-bond acceptors (Lipinski definition) is 6. The highest BCUT2D eigenvalue weighted by molar-refractivity contribution is 5.71. The third-order valence-corrected chi connectivity index (χ3v) is 10.4. The molecule has 6 nitrogen and oxygen atoms in total. The van der Waals surface area contributed by atoms with Gasteiger partial charge >= 0.3 is 17.9 Å². The van der Waals surface area contributed by atoms with Gasteiger partial charge in [0.2, 0.25) is 0 Å². The van der Waals surface area contributed by atoms with Gasteiger partial charge < -0.3 is 14.2 Å². The average Bonchev–Trinajstić information content (AvgIpc) is 3.24. The normalized spacial score (nSPS) is 12.7. The summed E-state index contributed by atoms with van der Waals surface area (Å²) < 4.78 is 16.7. The Labute approximate surface area is 370 Å². The van der Waals surface area contributed by atoms with Crippen molar-refractivity contribution in [1.82, 2.24) is 0 Å². The Morgan fingerprint density at radius 1 is 0.350 bits per heavy atom. The van der Waals surface area contributed by atoms with Crippen molar-refractivity contribution in [1.29, 1.82) is 0 Å². The van der Waals surface area contributed by atoms with E-state index >= 15 is 0 Å². The SMILES string of the molecule is CC/C=C\C/C=C\C/C=C\C/C=C\CCCCC(=O)O[C@H](COC(=O)CCCCCCC/C=C\CCCC)COC(=O)CCCCCCC/C=C\CCCCCCCCC. The number of rotatable bonds is 44. The van der Waals surface area contributed by atoms with Crippen LogP contribution in [0.5, 0.6) is 0 Å². The molecule has 0 N–H and O–H groups in total. The van der Waals surface area contributed by atoms with Crippen molar-refractivity contribution in [2.75, 3.05) is 13.2 Å². The van der Waals surface area contributed by atoms with Gasteiger partial charge in [0.05, 0.1) is 0 Å². The van der Waals surface area contributed by atoms with Gasteiger partial charge in [-0.2, -0.15) is 0 Å². The van der Waals surface area contributed by atoms with Crippen molar-refractivity contribution < 1.29 is 28.6 Å². The van der Waals surface area contributed by atoms with Crippen LogP contribution < -0.4 is 0 Å². The molecule has 0 saturated carbocycles. The van der Waals surface area contributed by atoms with Crippen LogP contribution in [0.4, 0.5) is 0 Å². The van der Waals surface area contributed by atoms with Crippen molar-refractivity contribution in [2.24, 2.45) is 0 Å². The van der Waals surface area contributed by atoms with Gasteiger partial charge in [0.15, 0.2) is 6.10 Å². The predicted octanol–water partition coefficient (Wildman–Crippen LogP) is 16.3. The average molecular weight is 837 g/mol. The van der Waals surface area contributed by atoms with Crippen LogP contribution in [0.15, 0.2) is 72.9 Å². The minimum absolute atomic E-state index is 0.0993. The lowest BCUT2D eigenvalue weighted by Gasteiger charge is -2.18. The van der Waals surface area contributed by atoms with Crippen molar-refractivity contribution in [3.63, 3.8) is 0 Å². The van der Waals surface area contributed by atoms with Gasteiger partial charge in [-0.1, -0.05) is 184 Å². The van der Waals surface area contributed by atoms with Crippen molar-refractivity contribution >= 4 is 17.9 Å². The molecule has 0 heterocycles. The highest BCUT2D eigenvalue weighted by Gasteiger charge is 2.19. The lowest BCUT2D eigenvalue weighted by atomic mass is 10.1. The molecule has 0 unspecified atom stereocenters. The zero-order valence-corrected chi connectivity index (χ0v) is 39.2. The summed E-state index contributed by atoms with van der Waals surface area (Å²) in [5.41, 5.74) is 0. The molecule has 0 rings (SSSR count). The van der Waals surface area contributed by atoms with E-state index in [0.29, 0.717) is 19.3 Å². The van der Waals surface area contributed by atoms with E-state index in [1.54, 1.807) is 0 Å². The van der Waals surface area contributed by atoms with E-state index < -0.39 is 6.10 Å². The molecule has 1 atom stereocenters. The summed E-state index contributed by atoms with van der Waals surface area (Å²) in [5, 5.41) is 0. The van der Waals surface area contributed by atoms with Crippen LogP contribution in [0, 0.1) is 0 Å². The molecule has 0 spiro atoms. The van der Waals surface area contributed by atoms with Crippen LogP contribution in [-0.2, 0) is 28.6 Å². The van der Waals surface area contributed by atoms with Crippen molar-refractivity contribution in [2.45, 2.75) is 239 Å². The molecule has 0 aromatic carbocycles. The van der Waals surface area contributed by atoms with E-state index in [1.165, 1.54) is 89.9 Å². The quantitative estimate of drug-likeness (QED) is 0.0263. The van der Waals surface area contributed by atoms with Crippen molar-refractivity contribution in [3.05, 3.63) is 72.9 Å². The maximum atomic E-state index is 12.8. The standard InChI is InChI=1S/C54H92O6/c1-4-7-10-13-16-19-22-24-26-28-29-32-35-38-41-44-47-53(56)59-50-51(49-58-52(55)46-43-40-37-34-31-21-18-15-12-9-6-3)60-54(57)48-45-42-39-36-33-30-27-25-23-20-17-14-11-8-5-2/h8,11,15,17-18,20,25-28,33,36,51H,4-7,9-10,12-14,16,19,21-24,29-32,34-35,37-50H2,1-3H3/b11-8-,18-15-,20-17-,27-25-,28-26-,36-33-/t51-/m1/s1. The first-order valence-electron chi connectivity index (χ1n) is 24.9. The topological polar surface area (TPSA) is 78.9 Å². The molecule has 0 aromatic rings. The van der Waals surface area contributed by atoms with Gasteiger partial charge in [-0.05, 0) is 103 Å². The molecule has 0 aliphatic heterocycles. The molecule has 60 heavy (non-hydrogen) atoms. The van der Waals surface area contributed by atoms with E-state index in [4.69, 9.17) is 14.2 Å². The van der Waals surface area contributed by atoms with Gasteiger partial charge in [0.1, 0.15) is 13.2 Å². The number of hydrogen-bond donors (Lipinski definition) is 0. The minimum atomic E-state index is -0.802. The van der Waals surface area contributed by atoms with Gasteiger partial charge in [-0.15, -0.1) is 0 Å². The molecule has 0 aliphatic carbocycles. The van der Waals surface area contributed by atoms with E-state index in [2.05, 4.69) is 93.7 Å². The number of carbonyl (C=O) groups is 3. The molecular weight excluding hydrogens is 745 g/mol. The summed E-state index contributed by atoms with van der Waals surface area (Å²) >= 11 is 0. The molecule has 0 radical (unpaired) electrons. The third kappa shape index (κ3) is 45.9. The monoisotopic (exact) mass is 837 g/mol. The summed E-state index contributed by atoms with van der Waals surface area (Å²) in [6, 6.07) is 0. The molecule has 344 valence electrons. The molecule has 6 heteroatoms. The number of ether oxygens (including phenoxy) is 3. The Bertz CT molecular complexity index is 1140. The largest absolute Gasteiger partial charge is 0.462 e. The zero-order chi connectivity index (χ0) is 43.7. The molecule has 0 bridgehead atoms. The van der Waals surface area contributed by atoms with Crippen LogP contribution in [0.1, 0.15) is 233 Å². The maximum Gasteiger partial charge on any atom is 0.306 e. The highest BCUT2D eigenvalue weighted by atomic mass is 16.6. The van der Waals surface area contributed by atoms with Crippen LogP contribution in [0.25, 0.3) is 0 Å². The fourth-order valence-electron chi connectivity index (χ4n) is 6.64. The first-order chi connectivity index (χ1) is 29.5. The van der Waals surface area contributed by atoms with Gasteiger partial charge in [0, 0.05) is 19.3 Å². The fraction of sp³-hybridized carbons (Fsp3) is 0.722. The number of allylic oxidation sites excluding steroid dienone is 12. The summed E-state index contributed by atoms with van der Waals surface area (Å²) in [5.74, 6) is -0.960. The summed E-state index contributed by atoms with van der Waals surface area (Å²) in [6.45, 7) is 6.43. The lowest BCUT2D eigenvalue weighted by Crippen LogP contribution is -2.30. The van der Waals surface area contributed by atoms with Crippen LogP contribution in [0.3, 0.4) is 0 Å². The second-order valence-corrected chi connectivity index (χ2v) is 16.3. The molecule has 0 aromatic heterocycles. The number of unbranched alkanes of at least 4 members (excludes halogenated alkanes) is 21. The van der Waals surface area contributed by atoms with E-state index in [1.807, 2.05) is 0 Å². The van der Waals surface area contributed by atoms with E-state index in [-0.39, 0.29) is 37.5 Å². The fourth-order valence-corrected chi connectivity index (χ4v) is 6.64. The van der Waals surface area contributed by atoms with E-state index in [0.717, 1.165) is 96.3 Å². The van der Waals surface area contributed by atoms with Gasteiger partial charge in [0.25, 0.3) is 0 Å². The van der Waals surface area contributed by atoms with Crippen LogP contribution >= 0.6 is 0 Å². The molecule has 0 amide bonds. The third-order valence-electron chi connectivity index (χ3n) is 10.4. The van der Waals surface area contributed by atoms with Gasteiger partial charge in [-0.3, -0.25) is 14.4 Å². The highest BCUT2D eigenvalue weighted by Crippen LogP contribution is 2.13.